The number of amides is 1. The van der Waals surface area contributed by atoms with Crippen LogP contribution in [0.25, 0.3) is 0 Å². The van der Waals surface area contributed by atoms with E-state index in [9.17, 15) is 4.79 Å². The number of nitrogens with one attached hydrogen (secondary N) is 1. The molecule has 0 aliphatic carbocycles. The van der Waals surface area contributed by atoms with E-state index in [0.717, 1.165) is 17.9 Å². The molecule has 1 amide bonds. The predicted molar refractivity (Wildman–Crippen MR) is 96.9 cm³/mol. The molecule has 2 aromatic rings. The SMILES string of the molecule is CCCOc1ccc(NC(=O)COc2ccc(C(C)C)cc2)cc1. The zero-order valence-electron chi connectivity index (χ0n) is 14.5. The highest BCUT2D eigenvalue weighted by Crippen LogP contribution is 2.19. The van der Waals surface area contributed by atoms with E-state index in [-0.39, 0.29) is 12.5 Å². The molecule has 1 N–H and O–H groups in total. The van der Waals surface area contributed by atoms with Gasteiger partial charge in [0.05, 0.1) is 6.61 Å². The van der Waals surface area contributed by atoms with Crippen LogP contribution in [0.2, 0.25) is 0 Å². The lowest BCUT2D eigenvalue weighted by atomic mass is 10.0. The van der Waals surface area contributed by atoms with Crippen molar-refractivity contribution >= 4 is 11.6 Å². The second-order valence-electron chi connectivity index (χ2n) is 5.93. The highest BCUT2D eigenvalue weighted by atomic mass is 16.5. The van der Waals surface area contributed by atoms with Gasteiger partial charge in [-0.15, -0.1) is 0 Å². The van der Waals surface area contributed by atoms with Crippen molar-refractivity contribution in [3.8, 4) is 11.5 Å². The number of benzene rings is 2. The van der Waals surface area contributed by atoms with Gasteiger partial charge in [0.1, 0.15) is 11.5 Å². The van der Waals surface area contributed by atoms with Crippen molar-refractivity contribution in [2.24, 2.45) is 0 Å². The monoisotopic (exact) mass is 327 g/mol. The van der Waals surface area contributed by atoms with E-state index in [1.807, 2.05) is 48.5 Å². The maximum absolute atomic E-state index is 12.0. The molecule has 24 heavy (non-hydrogen) atoms. The molecule has 128 valence electrons. The van der Waals surface area contributed by atoms with E-state index >= 15 is 0 Å². The molecule has 4 heteroatoms. The van der Waals surface area contributed by atoms with Crippen molar-refractivity contribution < 1.29 is 14.3 Å². The molecule has 0 aromatic heterocycles. The van der Waals surface area contributed by atoms with Crippen LogP contribution >= 0.6 is 0 Å². The van der Waals surface area contributed by atoms with Gasteiger partial charge in [0, 0.05) is 5.69 Å². The first-order valence-corrected chi connectivity index (χ1v) is 8.34. The summed E-state index contributed by atoms with van der Waals surface area (Å²) in [5.74, 6) is 1.78. The molecule has 0 spiro atoms. The molecule has 0 aliphatic rings. The van der Waals surface area contributed by atoms with Crippen molar-refractivity contribution in [3.05, 3.63) is 54.1 Å². The van der Waals surface area contributed by atoms with Gasteiger partial charge < -0.3 is 14.8 Å². The summed E-state index contributed by atoms with van der Waals surface area (Å²) >= 11 is 0. The summed E-state index contributed by atoms with van der Waals surface area (Å²) in [6, 6.07) is 15.2. The third-order valence-electron chi connectivity index (χ3n) is 3.53. The number of rotatable bonds is 8. The smallest absolute Gasteiger partial charge is 0.262 e. The van der Waals surface area contributed by atoms with Gasteiger partial charge in [0.25, 0.3) is 5.91 Å². The average Bonchev–Trinajstić information content (AvgIpc) is 2.59. The molecule has 0 saturated heterocycles. The molecule has 0 atom stereocenters. The molecule has 4 nitrogen and oxygen atoms in total. The minimum atomic E-state index is -0.190. The Morgan fingerprint density at radius 2 is 1.54 bits per heavy atom. The minimum absolute atomic E-state index is 0.0187. The van der Waals surface area contributed by atoms with Gasteiger partial charge in [-0.25, -0.2) is 0 Å². The lowest BCUT2D eigenvalue weighted by molar-refractivity contribution is -0.118. The third-order valence-corrected chi connectivity index (χ3v) is 3.53. The summed E-state index contributed by atoms with van der Waals surface area (Å²) in [4.78, 5) is 12.0. The number of hydrogen-bond donors (Lipinski definition) is 1. The summed E-state index contributed by atoms with van der Waals surface area (Å²) in [6.07, 6.45) is 0.966. The van der Waals surface area contributed by atoms with Crippen LogP contribution in [0.3, 0.4) is 0 Å². The first-order chi connectivity index (χ1) is 11.6. The molecule has 0 heterocycles. The van der Waals surface area contributed by atoms with Crippen LogP contribution in [-0.4, -0.2) is 19.1 Å². The van der Waals surface area contributed by atoms with E-state index in [2.05, 4.69) is 26.1 Å². The summed E-state index contributed by atoms with van der Waals surface area (Å²) in [5, 5.41) is 2.81. The number of carbonyl (C=O) groups is 1. The Morgan fingerprint density at radius 1 is 0.958 bits per heavy atom. The van der Waals surface area contributed by atoms with Crippen molar-refractivity contribution in [2.45, 2.75) is 33.1 Å². The summed E-state index contributed by atoms with van der Waals surface area (Å²) in [6.45, 7) is 7.01. The number of carbonyl (C=O) groups excluding carboxylic acids is 1. The molecular weight excluding hydrogens is 302 g/mol. The van der Waals surface area contributed by atoms with Crippen molar-refractivity contribution in [2.75, 3.05) is 18.5 Å². The average molecular weight is 327 g/mol. The molecular formula is C20H25NO3. The van der Waals surface area contributed by atoms with E-state index < -0.39 is 0 Å². The number of ether oxygens (including phenoxy) is 2. The largest absolute Gasteiger partial charge is 0.494 e. The van der Waals surface area contributed by atoms with Crippen LogP contribution in [-0.2, 0) is 4.79 Å². The molecule has 0 bridgehead atoms. The van der Waals surface area contributed by atoms with Crippen LogP contribution in [0.1, 0.15) is 38.7 Å². The van der Waals surface area contributed by atoms with Crippen molar-refractivity contribution in [3.63, 3.8) is 0 Å². The quantitative estimate of drug-likeness (QED) is 0.770. The zero-order chi connectivity index (χ0) is 17.4. The van der Waals surface area contributed by atoms with Crippen molar-refractivity contribution in [1.82, 2.24) is 0 Å². The Bertz CT molecular complexity index is 633. The summed E-state index contributed by atoms with van der Waals surface area (Å²) in [5.41, 5.74) is 1.97. The van der Waals surface area contributed by atoms with E-state index in [0.29, 0.717) is 18.3 Å². The number of anilines is 1. The van der Waals surface area contributed by atoms with Crippen LogP contribution < -0.4 is 14.8 Å². The van der Waals surface area contributed by atoms with Crippen LogP contribution in [0.15, 0.2) is 48.5 Å². The maximum atomic E-state index is 12.0. The zero-order valence-corrected chi connectivity index (χ0v) is 14.5. The van der Waals surface area contributed by atoms with Gasteiger partial charge in [0.15, 0.2) is 6.61 Å². The Hall–Kier alpha value is -2.49. The van der Waals surface area contributed by atoms with E-state index in [1.54, 1.807) is 0 Å². The Morgan fingerprint density at radius 3 is 2.12 bits per heavy atom. The fraction of sp³-hybridized carbons (Fsp3) is 0.350. The van der Waals surface area contributed by atoms with Gasteiger partial charge >= 0.3 is 0 Å². The molecule has 0 saturated carbocycles. The van der Waals surface area contributed by atoms with Crippen LogP contribution in [0.5, 0.6) is 11.5 Å². The first kappa shape index (κ1) is 17.9. The van der Waals surface area contributed by atoms with Crippen LogP contribution in [0, 0.1) is 0 Å². The van der Waals surface area contributed by atoms with Gasteiger partial charge in [-0.1, -0.05) is 32.9 Å². The highest BCUT2D eigenvalue weighted by Gasteiger charge is 2.05. The predicted octanol–water partition coefficient (Wildman–Crippen LogP) is 4.62. The second kappa shape index (κ2) is 8.96. The molecule has 0 radical (unpaired) electrons. The summed E-state index contributed by atoms with van der Waals surface area (Å²) < 4.78 is 11.0. The van der Waals surface area contributed by atoms with Crippen molar-refractivity contribution in [1.29, 1.82) is 0 Å². The second-order valence-corrected chi connectivity index (χ2v) is 5.93. The Balaban J connectivity index is 1.80. The third kappa shape index (κ3) is 5.61. The lowest BCUT2D eigenvalue weighted by Crippen LogP contribution is -2.20. The lowest BCUT2D eigenvalue weighted by Gasteiger charge is -2.10. The Kier molecular flexibility index (Phi) is 6.67. The molecule has 0 aliphatic heterocycles. The fourth-order valence-electron chi connectivity index (χ4n) is 2.15. The molecule has 2 aromatic carbocycles. The molecule has 0 fully saturated rings. The van der Waals surface area contributed by atoms with Gasteiger partial charge in [-0.05, 0) is 54.3 Å². The first-order valence-electron chi connectivity index (χ1n) is 8.34. The Labute approximate surface area is 143 Å². The molecule has 0 unspecified atom stereocenters. The van der Waals surface area contributed by atoms with E-state index in [1.165, 1.54) is 5.56 Å². The normalized spacial score (nSPS) is 10.5. The number of hydrogen-bond acceptors (Lipinski definition) is 3. The van der Waals surface area contributed by atoms with Gasteiger partial charge in [0.2, 0.25) is 0 Å². The highest BCUT2D eigenvalue weighted by molar-refractivity contribution is 5.91. The maximum Gasteiger partial charge on any atom is 0.262 e. The van der Waals surface area contributed by atoms with Crippen LogP contribution in [0.4, 0.5) is 5.69 Å². The summed E-state index contributed by atoms with van der Waals surface area (Å²) in [7, 11) is 0. The van der Waals surface area contributed by atoms with E-state index in [4.69, 9.17) is 9.47 Å². The topological polar surface area (TPSA) is 47.6 Å². The van der Waals surface area contributed by atoms with Gasteiger partial charge in [-0.2, -0.15) is 0 Å². The molecule has 2 rings (SSSR count). The minimum Gasteiger partial charge on any atom is -0.494 e. The standard InChI is InChI=1S/C20H25NO3/c1-4-13-23-18-11-7-17(8-12-18)21-20(22)14-24-19-9-5-16(6-10-19)15(2)3/h5-12,15H,4,13-14H2,1-3H3,(H,21,22). The fourth-order valence-corrected chi connectivity index (χ4v) is 2.15. The van der Waals surface area contributed by atoms with Gasteiger partial charge in [-0.3, -0.25) is 4.79 Å².